The van der Waals surface area contributed by atoms with Crippen LogP contribution in [0.1, 0.15) is 34.9 Å². The van der Waals surface area contributed by atoms with Crippen LogP contribution in [0.3, 0.4) is 0 Å². The lowest BCUT2D eigenvalue weighted by molar-refractivity contribution is 0.414. The molecule has 0 spiro atoms. The molecule has 27 heavy (non-hydrogen) atoms. The van der Waals surface area contributed by atoms with Gasteiger partial charge in [0.2, 0.25) is 0 Å². The van der Waals surface area contributed by atoms with Crippen LogP contribution >= 0.6 is 0 Å². The van der Waals surface area contributed by atoms with Crippen molar-refractivity contribution in [2.24, 2.45) is 0 Å². The molecule has 0 amide bonds. The zero-order chi connectivity index (χ0) is 18.5. The van der Waals surface area contributed by atoms with Crippen LogP contribution in [-0.2, 0) is 0 Å². The highest BCUT2D eigenvalue weighted by Gasteiger charge is 2.29. The average Bonchev–Trinajstić information content (AvgIpc) is 3.18. The number of hydrogen-bond acceptors (Lipinski definition) is 1. The Kier molecular flexibility index (Phi) is 5.20. The second-order valence-electron chi connectivity index (χ2n) is 7.01. The summed E-state index contributed by atoms with van der Waals surface area (Å²) in [6.07, 6.45) is 7.97. The van der Waals surface area contributed by atoms with Gasteiger partial charge in [-0.15, -0.1) is 0 Å². The Morgan fingerprint density at radius 2 is 1.41 bits per heavy atom. The van der Waals surface area contributed by atoms with Crippen LogP contribution < -0.4 is 4.74 Å². The summed E-state index contributed by atoms with van der Waals surface area (Å²) in [4.78, 5) is 0. The minimum Gasteiger partial charge on any atom is -0.497 e. The lowest BCUT2D eigenvalue weighted by Crippen LogP contribution is -2.05. The standard InChI is InChI=1S/C26H24O/c1-27-24-16-14-23(15-17-24)26-19-21(13-12-20-8-4-2-5-9-20)18-25(26)22-10-6-3-7-11-22/h2-17,19,25-26H,18H2,1H3/b13-12+/t25-,26-/m1/s1. The van der Waals surface area contributed by atoms with Gasteiger partial charge in [0.25, 0.3) is 0 Å². The van der Waals surface area contributed by atoms with Crippen molar-refractivity contribution in [2.45, 2.75) is 18.3 Å². The summed E-state index contributed by atoms with van der Waals surface area (Å²) in [5.74, 6) is 1.75. The van der Waals surface area contributed by atoms with Crippen molar-refractivity contribution >= 4 is 6.08 Å². The first-order valence-corrected chi connectivity index (χ1v) is 9.46. The van der Waals surface area contributed by atoms with Gasteiger partial charge in [-0.25, -0.2) is 0 Å². The van der Waals surface area contributed by atoms with Gasteiger partial charge >= 0.3 is 0 Å². The SMILES string of the molecule is COc1ccc([C@H]2C=C(/C=C/c3ccccc3)C[C@@H]2c2ccccc2)cc1. The van der Waals surface area contributed by atoms with Gasteiger partial charge < -0.3 is 4.74 Å². The number of allylic oxidation sites excluding steroid dienone is 3. The summed E-state index contributed by atoms with van der Waals surface area (Å²) >= 11 is 0. The van der Waals surface area contributed by atoms with E-state index in [1.165, 1.54) is 22.3 Å². The maximum absolute atomic E-state index is 5.33. The van der Waals surface area contributed by atoms with Gasteiger partial charge in [-0.05, 0) is 41.2 Å². The highest BCUT2D eigenvalue weighted by molar-refractivity contribution is 5.55. The largest absolute Gasteiger partial charge is 0.497 e. The molecule has 0 aliphatic heterocycles. The average molecular weight is 352 g/mol. The van der Waals surface area contributed by atoms with Gasteiger partial charge in [-0.1, -0.05) is 96.6 Å². The molecule has 0 unspecified atom stereocenters. The minimum atomic E-state index is 0.383. The summed E-state index contributed by atoms with van der Waals surface area (Å²) in [6, 6.07) is 29.9. The van der Waals surface area contributed by atoms with Crippen molar-refractivity contribution in [3.8, 4) is 5.75 Å². The molecule has 134 valence electrons. The first-order valence-electron chi connectivity index (χ1n) is 9.46. The fourth-order valence-corrected chi connectivity index (χ4v) is 3.87. The molecule has 0 aromatic heterocycles. The topological polar surface area (TPSA) is 9.23 Å². The summed E-state index contributed by atoms with van der Waals surface area (Å²) in [5, 5.41) is 0. The summed E-state index contributed by atoms with van der Waals surface area (Å²) in [6.45, 7) is 0. The van der Waals surface area contributed by atoms with Crippen molar-refractivity contribution in [3.63, 3.8) is 0 Å². The third kappa shape index (κ3) is 4.03. The lowest BCUT2D eigenvalue weighted by atomic mass is 9.83. The molecular weight excluding hydrogens is 328 g/mol. The van der Waals surface area contributed by atoms with Crippen molar-refractivity contribution in [3.05, 3.63) is 119 Å². The Morgan fingerprint density at radius 1 is 0.741 bits per heavy atom. The Balaban J connectivity index is 1.64. The first kappa shape index (κ1) is 17.4. The van der Waals surface area contributed by atoms with Crippen LogP contribution in [0.15, 0.2) is 103 Å². The normalized spacial score (nSPS) is 19.2. The smallest absolute Gasteiger partial charge is 0.118 e. The molecule has 1 aliphatic carbocycles. The molecule has 1 heteroatoms. The Bertz CT molecular complexity index is 921. The fraction of sp³-hybridized carbons (Fsp3) is 0.154. The molecule has 3 aromatic carbocycles. The van der Waals surface area contributed by atoms with Crippen molar-refractivity contribution < 1.29 is 4.74 Å². The third-order valence-electron chi connectivity index (χ3n) is 5.30. The van der Waals surface area contributed by atoms with Gasteiger partial charge in [0.05, 0.1) is 7.11 Å². The van der Waals surface area contributed by atoms with Crippen molar-refractivity contribution in [1.82, 2.24) is 0 Å². The molecule has 1 aliphatic rings. The van der Waals surface area contributed by atoms with E-state index < -0.39 is 0 Å². The number of rotatable bonds is 5. The summed E-state index contributed by atoms with van der Waals surface area (Å²) < 4.78 is 5.33. The van der Waals surface area contributed by atoms with E-state index in [1.807, 2.05) is 0 Å². The highest BCUT2D eigenvalue weighted by atomic mass is 16.5. The molecule has 0 fully saturated rings. The van der Waals surface area contributed by atoms with E-state index in [0.717, 1.165) is 12.2 Å². The molecular formula is C26H24O. The molecule has 1 nitrogen and oxygen atoms in total. The summed E-state index contributed by atoms with van der Waals surface area (Å²) in [5.41, 5.74) is 5.38. The lowest BCUT2D eigenvalue weighted by Gasteiger charge is -2.20. The van der Waals surface area contributed by atoms with Crippen LogP contribution in [0.25, 0.3) is 6.08 Å². The zero-order valence-corrected chi connectivity index (χ0v) is 15.6. The van der Waals surface area contributed by atoms with Gasteiger partial charge in [0.1, 0.15) is 5.75 Å². The predicted molar refractivity (Wildman–Crippen MR) is 113 cm³/mol. The van der Waals surface area contributed by atoms with Crippen molar-refractivity contribution in [2.75, 3.05) is 7.11 Å². The second kappa shape index (κ2) is 8.09. The molecule has 0 heterocycles. The molecule has 3 aromatic rings. The fourth-order valence-electron chi connectivity index (χ4n) is 3.87. The number of benzene rings is 3. The first-order chi connectivity index (χ1) is 13.3. The van der Waals surface area contributed by atoms with E-state index in [4.69, 9.17) is 4.74 Å². The van der Waals surface area contributed by atoms with Crippen LogP contribution in [0.2, 0.25) is 0 Å². The number of hydrogen-bond donors (Lipinski definition) is 0. The summed E-state index contributed by atoms with van der Waals surface area (Å²) in [7, 11) is 1.71. The van der Waals surface area contributed by atoms with Gasteiger partial charge in [-0.3, -0.25) is 0 Å². The molecule has 0 saturated carbocycles. The molecule has 2 atom stereocenters. The van der Waals surface area contributed by atoms with E-state index in [9.17, 15) is 0 Å². The highest BCUT2D eigenvalue weighted by Crippen LogP contribution is 2.45. The van der Waals surface area contributed by atoms with E-state index in [2.05, 4.69) is 103 Å². The maximum atomic E-state index is 5.33. The third-order valence-corrected chi connectivity index (χ3v) is 5.30. The van der Waals surface area contributed by atoms with E-state index in [0.29, 0.717) is 11.8 Å². The molecule has 0 radical (unpaired) electrons. The van der Waals surface area contributed by atoms with E-state index >= 15 is 0 Å². The van der Waals surface area contributed by atoms with Crippen LogP contribution in [-0.4, -0.2) is 7.11 Å². The van der Waals surface area contributed by atoms with Crippen LogP contribution in [0, 0.1) is 0 Å². The number of methoxy groups -OCH3 is 1. The predicted octanol–water partition coefficient (Wildman–Crippen LogP) is 6.61. The van der Waals surface area contributed by atoms with Gasteiger partial charge in [0, 0.05) is 5.92 Å². The minimum absolute atomic E-state index is 0.383. The Morgan fingerprint density at radius 3 is 2.07 bits per heavy atom. The molecule has 4 rings (SSSR count). The quantitative estimate of drug-likeness (QED) is 0.502. The molecule has 0 bridgehead atoms. The monoisotopic (exact) mass is 352 g/mol. The molecule has 0 saturated heterocycles. The van der Waals surface area contributed by atoms with Crippen LogP contribution in [0.4, 0.5) is 0 Å². The van der Waals surface area contributed by atoms with Crippen molar-refractivity contribution in [1.29, 1.82) is 0 Å². The molecule has 0 N–H and O–H groups in total. The maximum Gasteiger partial charge on any atom is 0.118 e. The Hall–Kier alpha value is -3.06. The van der Waals surface area contributed by atoms with Crippen LogP contribution in [0.5, 0.6) is 5.75 Å². The van der Waals surface area contributed by atoms with Gasteiger partial charge in [0.15, 0.2) is 0 Å². The second-order valence-corrected chi connectivity index (χ2v) is 7.01. The Labute approximate surface area is 161 Å². The zero-order valence-electron chi connectivity index (χ0n) is 15.6. The van der Waals surface area contributed by atoms with Gasteiger partial charge in [-0.2, -0.15) is 0 Å². The van der Waals surface area contributed by atoms with E-state index in [-0.39, 0.29) is 0 Å². The number of ether oxygens (including phenoxy) is 1. The van der Waals surface area contributed by atoms with E-state index in [1.54, 1.807) is 7.11 Å².